The van der Waals surface area contributed by atoms with Gasteiger partial charge in [-0.25, -0.2) is 9.78 Å². The number of fused-ring (bicyclic) bond motifs is 7. The van der Waals surface area contributed by atoms with Crippen LogP contribution in [0.1, 0.15) is 42.5 Å². The minimum atomic E-state index is -1.81. The van der Waals surface area contributed by atoms with Crippen LogP contribution in [-0.2, 0) is 34.7 Å². The maximum absolute atomic E-state index is 13.4. The summed E-state index contributed by atoms with van der Waals surface area (Å²) in [6.45, 7) is 4.13. The first-order valence-corrected chi connectivity index (χ1v) is 11.0. The molecule has 0 unspecified atom stereocenters. The van der Waals surface area contributed by atoms with Gasteiger partial charge < -0.3 is 14.4 Å². The Hall–Kier alpha value is -3.51. The van der Waals surface area contributed by atoms with Crippen molar-refractivity contribution < 1.29 is 14.6 Å². The van der Waals surface area contributed by atoms with Gasteiger partial charge in [0.2, 0.25) is 0 Å². The monoisotopic (exact) mass is 426 g/mol. The van der Waals surface area contributed by atoms with Crippen molar-refractivity contribution in [2.75, 3.05) is 0 Å². The molecule has 2 aliphatic rings. The number of nitrogens with zero attached hydrogens (tertiary/aromatic N) is 2. The molecule has 2 aromatic heterocycles. The van der Waals surface area contributed by atoms with Crippen LogP contribution in [-0.4, -0.2) is 20.6 Å². The second-order valence-electron chi connectivity index (χ2n) is 8.55. The molecule has 2 aliphatic heterocycles. The van der Waals surface area contributed by atoms with E-state index in [-0.39, 0.29) is 18.6 Å². The Morgan fingerprint density at radius 2 is 1.94 bits per heavy atom. The average molecular weight is 426 g/mol. The zero-order valence-electron chi connectivity index (χ0n) is 17.9. The van der Waals surface area contributed by atoms with Crippen molar-refractivity contribution in [2.45, 2.75) is 45.4 Å². The third kappa shape index (κ3) is 2.30. The van der Waals surface area contributed by atoms with E-state index in [9.17, 15) is 14.7 Å². The standard InChI is InChI=1S/C26H22N2O4/c1-3-15-17-12-28-21(11-19-18(24(28)29)13-32-25(30)26(19,31)4-2)23(17)27-20-10-9-14-7-5-6-8-16(14)22(15)20/h5-11,31H,3-4,12-13H2,1-2H3/t26-/m0/s1. The molecule has 160 valence electrons. The molecule has 4 aromatic rings. The van der Waals surface area contributed by atoms with E-state index in [1.54, 1.807) is 17.6 Å². The van der Waals surface area contributed by atoms with Crippen molar-refractivity contribution in [3.63, 3.8) is 0 Å². The van der Waals surface area contributed by atoms with Gasteiger partial charge in [0.25, 0.3) is 5.56 Å². The zero-order chi connectivity index (χ0) is 22.2. The fourth-order valence-corrected chi connectivity index (χ4v) is 5.34. The molecule has 4 heterocycles. The normalized spacial score (nSPS) is 19.0. The highest BCUT2D eigenvalue weighted by Gasteiger charge is 2.45. The smallest absolute Gasteiger partial charge is 0.343 e. The number of hydrogen-bond acceptors (Lipinski definition) is 5. The van der Waals surface area contributed by atoms with E-state index in [2.05, 4.69) is 25.1 Å². The summed E-state index contributed by atoms with van der Waals surface area (Å²) >= 11 is 0. The predicted molar refractivity (Wildman–Crippen MR) is 121 cm³/mol. The van der Waals surface area contributed by atoms with Crippen LogP contribution in [0.2, 0.25) is 0 Å². The number of rotatable bonds is 2. The largest absolute Gasteiger partial charge is 0.458 e. The fourth-order valence-electron chi connectivity index (χ4n) is 5.34. The van der Waals surface area contributed by atoms with E-state index in [0.29, 0.717) is 23.4 Å². The van der Waals surface area contributed by atoms with E-state index in [0.717, 1.165) is 39.4 Å². The Balaban J connectivity index is 1.69. The van der Waals surface area contributed by atoms with Gasteiger partial charge in [-0.05, 0) is 41.3 Å². The second kappa shape index (κ2) is 6.50. The first-order valence-electron chi connectivity index (χ1n) is 11.0. The molecule has 0 fully saturated rings. The molecule has 0 aliphatic carbocycles. The van der Waals surface area contributed by atoms with Crippen LogP contribution in [0.5, 0.6) is 0 Å². The van der Waals surface area contributed by atoms with Crippen LogP contribution in [0.3, 0.4) is 0 Å². The lowest BCUT2D eigenvalue weighted by molar-refractivity contribution is -0.172. The molecular weight excluding hydrogens is 404 g/mol. The number of esters is 1. The number of aryl methyl sites for hydroxylation is 1. The third-order valence-electron chi connectivity index (χ3n) is 7.05. The molecule has 0 bridgehead atoms. The number of cyclic esters (lactones) is 1. The summed E-state index contributed by atoms with van der Waals surface area (Å²) in [6, 6.07) is 14.1. The van der Waals surface area contributed by atoms with Gasteiger partial charge >= 0.3 is 5.97 Å². The average Bonchev–Trinajstić information content (AvgIpc) is 3.19. The van der Waals surface area contributed by atoms with E-state index < -0.39 is 11.6 Å². The topological polar surface area (TPSA) is 81.4 Å². The highest BCUT2D eigenvalue weighted by atomic mass is 16.6. The van der Waals surface area contributed by atoms with Crippen molar-refractivity contribution in [1.82, 2.24) is 9.55 Å². The molecule has 0 amide bonds. The van der Waals surface area contributed by atoms with Gasteiger partial charge in [0.1, 0.15) is 6.61 Å². The first kappa shape index (κ1) is 19.2. The highest BCUT2D eigenvalue weighted by molar-refractivity contribution is 6.09. The Morgan fingerprint density at radius 3 is 2.72 bits per heavy atom. The van der Waals surface area contributed by atoms with E-state index in [1.807, 2.05) is 18.2 Å². The molecule has 0 saturated carbocycles. The van der Waals surface area contributed by atoms with Gasteiger partial charge in [-0.1, -0.05) is 44.2 Å². The molecule has 2 aromatic carbocycles. The highest BCUT2D eigenvalue weighted by Crippen LogP contribution is 2.41. The molecule has 1 N–H and O–H groups in total. The third-order valence-corrected chi connectivity index (χ3v) is 7.05. The molecule has 1 atom stereocenters. The maximum Gasteiger partial charge on any atom is 0.343 e. The van der Waals surface area contributed by atoms with Crippen LogP contribution < -0.4 is 5.56 Å². The van der Waals surface area contributed by atoms with Gasteiger partial charge in [0, 0.05) is 16.5 Å². The number of benzene rings is 2. The summed E-state index contributed by atoms with van der Waals surface area (Å²) in [6.07, 6.45) is 0.935. The quantitative estimate of drug-likeness (QED) is 0.343. The molecule has 0 radical (unpaired) electrons. The van der Waals surface area contributed by atoms with Gasteiger partial charge in [-0.3, -0.25) is 4.79 Å². The van der Waals surface area contributed by atoms with E-state index in [1.165, 1.54) is 5.56 Å². The predicted octanol–water partition coefficient (Wildman–Crippen LogP) is 3.80. The second-order valence-corrected chi connectivity index (χ2v) is 8.55. The molecule has 6 nitrogen and oxygen atoms in total. The number of aliphatic hydroxyl groups is 1. The zero-order valence-corrected chi connectivity index (χ0v) is 17.9. The number of hydrogen-bond donors (Lipinski definition) is 1. The molecular formula is C26H22N2O4. The molecule has 6 rings (SSSR count). The van der Waals surface area contributed by atoms with Crippen molar-refractivity contribution in [2.24, 2.45) is 0 Å². The van der Waals surface area contributed by atoms with Crippen LogP contribution >= 0.6 is 0 Å². The lowest BCUT2D eigenvalue weighted by Crippen LogP contribution is -2.44. The number of aromatic nitrogens is 2. The SMILES string of the molecule is CCc1c2c(nc3ccc4ccccc4c13)-c1cc3c(c(=O)n1C2)COC(=O)[C@]3(O)CC. The van der Waals surface area contributed by atoms with Gasteiger partial charge in [0.15, 0.2) is 5.60 Å². The number of carbonyl (C=O) groups excluding carboxylic acids is 1. The number of carbonyl (C=O) groups is 1. The van der Waals surface area contributed by atoms with Crippen LogP contribution in [0.4, 0.5) is 0 Å². The fraction of sp³-hybridized carbons (Fsp3) is 0.269. The lowest BCUT2D eigenvalue weighted by Gasteiger charge is -2.31. The summed E-state index contributed by atoms with van der Waals surface area (Å²) in [5.74, 6) is -0.706. The molecule has 6 heteroatoms. The Bertz CT molecular complexity index is 1540. The minimum Gasteiger partial charge on any atom is -0.458 e. The van der Waals surface area contributed by atoms with Gasteiger partial charge in [-0.15, -0.1) is 0 Å². The molecule has 32 heavy (non-hydrogen) atoms. The van der Waals surface area contributed by atoms with Crippen molar-refractivity contribution in [3.05, 3.63) is 75.1 Å². The van der Waals surface area contributed by atoms with Crippen molar-refractivity contribution >= 4 is 27.6 Å². The summed E-state index contributed by atoms with van der Waals surface area (Å²) < 4.78 is 6.87. The minimum absolute atomic E-state index is 0.118. The Kier molecular flexibility index (Phi) is 3.90. The first-order chi connectivity index (χ1) is 15.5. The van der Waals surface area contributed by atoms with Crippen LogP contribution in [0, 0.1) is 0 Å². The lowest BCUT2D eigenvalue weighted by atomic mass is 9.86. The number of pyridine rings is 2. The summed E-state index contributed by atoms with van der Waals surface area (Å²) in [5.41, 5.74) is 3.14. The van der Waals surface area contributed by atoms with Crippen LogP contribution in [0.25, 0.3) is 33.1 Å². The summed E-state index contributed by atoms with van der Waals surface area (Å²) in [5, 5.41) is 14.5. The summed E-state index contributed by atoms with van der Waals surface area (Å²) in [7, 11) is 0. The van der Waals surface area contributed by atoms with Gasteiger partial charge in [0.05, 0.1) is 29.0 Å². The van der Waals surface area contributed by atoms with Gasteiger partial charge in [-0.2, -0.15) is 0 Å². The molecule has 0 saturated heterocycles. The number of ether oxygens (including phenoxy) is 1. The van der Waals surface area contributed by atoms with Crippen molar-refractivity contribution in [3.8, 4) is 11.4 Å². The van der Waals surface area contributed by atoms with E-state index >= 15 is 0 Å². The Labute approximate surface area is 184 Å². The van der Waals surface area contributed by atoms with Crippen LogP contribution in [0.15, 0.2) is 47.3 Å². The molecule has 0 spiro atoms. The summed E-state index contributed by atoms with van der Waals surface area (Å²) in [4.78, 5) is 30.8. The van der Waals surface area contributed by atoms with E-state index in [4.69, 9.17) is 9.72 Å². The Morgan fingerprint density at radius 1 is 1.12 bits per heavy atom. The maximum atomic E-state index is 13.4. The van der Waals surface area contributed by atoms with Crippen molar-refractivity contribution in [1.29, 1.82) is 0 Å².